The van der Waals surface area contributed by atoms with Crippen molar-refractivity contribution in [1.82, 2.24) is 10.6 Å². The topological polar surface area (TPSA) is 68.8 Å². The van der Waals surface area contributed by atoms with E-state index < -0.39 is 5.60 Å². The number of carbonyl (C=O) groups is 1. The second kappa shape index (κ2) is 6.76. The van der Waals surface area contributed by atoms with Crippen molar-refractivity contribution >= 4 is 5.91 Å². The van der Waals surface area contributed by atoms with E-state index in [0.29, 0.717) is 26.1 Å². The van der Waals surface area contributed by atoms with E-state index in [1.807, 2.05) is 25.1 Å². The van der Waals surface area contributed by atoms with Gasteiger partial charge in [-0.3, -0.25) is 4.79 Å². The lowest BCUT2D eigenvalue weighted by atomic mass is 9.90. The first-order valence-electron chi connectivity index (χ1n) is 8.11. The number of piperidine rings is 1. The van der Waals surface area contributed by atoms with Crippen molar-refractivity contribution in [2.24, 2.45) is 0 Å². The molecule has 2 aliphatic rings. The maximum atomic E-state index is 12.7. The van der Waals surface area contributed by atoms with Crippen molar-refractivity contribution in [3.05, 3.63) is 23.8 Å². The van der Waals surface area contributed by atoms with Crippen molar-refractivity contribution in [2.75, 3.05) is 33.4 Å². The third-order valence-electron chi connectivity index (χ3n) is 4.63. The number of amides is 1. The molecular formula is C17H24N2O4. The first-order valence-corrected chi connectivity index (χ1v) is 8.11. The van der Waals surface area contributed by atoms with Gasteiger partial charge in [-0.2, -0.15) is 0 Å². The third kappa shape index (κ3) is 3.28. The molecule has 0 aromatic heterocycles. The van der Waals surface area contributed by atoms with Crippen LogP contribution in [-0.2, 0) is 9.53 Å². The average Bonchev–Trinajstić information content (AvgIpc) is 2.61. The fourth-order valence-corrected chi connectivity index (χ4v) is 3.10. The van der Waals surface area contributed by atoms with Crippen LogP contribution in [0.3, 0.4) is 0 Å². The second-order valence-corrected chi connectivity index (χ2v) is 6.05. The van der Waals surface area contributed by atoms with Crippen LogP contribution in [0.1, 0.15) is 31.4 Å². The fourth-order valence-electron chi connectivity index (χ4n) is 3.10. The highest BCUT2D eigenvalue weighted by Gasteiger charge is 2.40. The molecule has 0 aliphatic carbocycles. The number of fused-ring (bicyclic) bond motifs is 1. The highest BCUT2D eigenvalue weighted by Crippen LogP contribution is 2.33. The fraction of sp³-hybridized carbons (Fsp3) is 0.588. The second-order valence-electron chi connectivity index (χ2n) is 6.05. The number of benzene rings is 1. The van der Waals surface area contributed by atoms with Crippen LogP contribution in [0.25, 0.3) is 0 Å². The molecule has 1 fully saturated rings. The normalized spacial score (nSPS) is 20.6. The van der Waals surface area contributed by atoms with Crippen molar-refractivity contribution in [2.45, 2.75) is 31.4 Å². The Morgan fingerprint density at radius 2 is 1.96 bits per heavy atom. The molecule has 1 unspecified atom stereocenters. The molecule has 0 bridgehead atoms. The predicted molar refractivity (Wildman–Crippen MR) is 85.8 cm³/mol. The molecule has 1 saturated heterocycles. The van der Waals surface area contributed by atoms with Crippen LogP contribution in [0.4, 0.5) is 0 Å². The maximum absolute atomic E-state index is 12.7. The monoisotopic (exact) mass is 320 g/mol. The van der Waals surface area contributed by atoms with Gasteiger partial charge in [0.25, 0.3) is 5.91 Å². The summed E-state index contributed by atoms with van der Waals surface area (Å²) >= 11 is 0. The van der Waals surface area contributed by atoms with Crippen LogP contribution in [0, 0.1) is 0 Å². The van der Waals surface area contributed by atoms with Gasteiger partial charge in [-0.05, 0) is 50.6 Å². The van der Waals surface area contributed by atoms with Crippen molar-refractivity contribution in [3.63, 3.8) is 0 Å². The molecule has 1 aromatic rings. The SMILES string of the molecule is COC1(C(=O)NC(C)c2ccc3c(c2)OCCO3)CCNCC1. The molecule has 3 rings (SSSR count). The first kappa shape index (κ1) is 16.1. The third-order valence-corrected chi connectivity index (χ3v) is 4.63. The molecule has 1 amide bonds. The zero-order chi connectivity index (χ0) is 16.3. The van der Waals surface area contributed by atoms with E-state index in [4.69, 9.17) is 14.2 Å². The Hall–Kier alpha value is -1.79. The lowest BCUT2D eigenvalue weighted by molar-refractivity contribution is -0.147. The predicted octanol–water partition coefficient (Wildman–Crippen LogP) is 1.40. The highest BCUT2D eigenvalue weighted by molar-refractivity contribution is 5.85. The van der Waals surface area contributed by atoms with Crippen molar-refractivity contribution in [3.8, 4) is 11.5 Å². The van der Waals surface area contributed by atoms with Crippen LogP contribution in [0.2, 0.25) is 0 Å². The Kier molecular flexibility index (Phi) is 4.73. The zero-order valence-electron chi connectivity index (χ0n) is 13.7. The summed E-state index contributed by atoms with van der Waals surface area (Å²) in [5.74, 6) is 1.44. The molecule has 6 nitrogen and oxygen atoms in total. The zero-order valence-corrected chi connectivity index (χ0v) is 13.7. The Labute approximate surface area is 136 Å². The Morgan fingerprint density at radius 1 is 1.26 bits per heavy atom. The van der Waals surface area contributed by atoms with E-state index in [0.717, 1.165) is 30.2 Å². The van der Waals surface area contributed by atoms with Gasteiger partial charge >= 0.3 is 0 Å². The van der Waals surface area contributed by atoms with E-state index >= 15 is 0 Å². The summed E-state index contributed by atoms with van der Waals surface area (Å²) in [7, 11) is 1.61. The van der Waals surface area contributed by atoms with Gasteiger partial charge in [-0.25, -0.2) is 0 Å². The highest BCUT2D eigenvalue weighted by atomic mass is 16.6. The number of carbonyl (C=O) groups excluding carboxylic acids is 1. The summed E-state index contributed by atoms with van der Waals surface area (Å²) in [5.41, 5.74) is 0.260. The van der Waals surface area contributed by atoms with Crippen LogP contribution in [0.15, 0.2) is 18.2 Å². The summed E-state index contributed by atoms with van der Waals surface area (Å²) in [6, 6.07) is 5.66. The molecule has 2 heterocycles. The molecule has 2 aliphatic heterocycles. The quantitative estimate of drug-likeness (QED) is 0.878. The average molecular weight is 320 g/mol. The number of nitrogens with one attached hydrogen (secondary N) is 2. The molecule has 126 valence electrons. The molecule has 1 atom stereocenters. The molecule has 23 heavy (non-hydrogen) atoms. The molecule has 0 radical (unpaired) electrons. The molecule has 6 heteroatoms. The number of hydrogen-bond acceptors (Lipinski definition) is 5. The summed E-state index contributed by atoms with van der Waals surface area (Å²) < 4.78 is 16.7. The van der Waals surface area contributed by atoms with Crippen LogP contribution < -0.4 is 20.1 Å². The summed E-state index contributed by atoms with van der Waals surface area (Å²) in [5, 5.41) is 6.33. The molecule has 1 aromatic carbocycles. The van der Waals surface area contributed by atoms with Gasteiger partial charge in [-0.1, -0.05) is 6.07 Å². The van der Waals surface area contributed by atoms with Gasteiger partial charge in [-0.15, -0.1) is 0 Å². The lowest BCUT2D eigenvalue weighted by Crippen LogP contribution is -2.54. The summed E-state index contributed by atoms with van der Waals surface area (Å²) in [6.45, 7) is 4.67. The largest absolute Gasteiger partial charge is 0.486 e. The van der Waals surface area contributed by atoms with Gasteiger partial charge in [0.15, 0.2) is 11.5 Å². The number of methoxy groups -OCH3 is 1. The van der Waals surface area contributed by atoms with Gasteiger partial charge in [0, 0.05) is 7.11 Å². The summed E-state index contributed by atoms with van der Waals surface area (Å²) in [4.78, 5) is 12.7. The lowest BCUT2D eigenvalue weighted by Gasteiger charge is -2.35. The Bertz CT molecular complexity index is 570. The van der Waals surface area contributed by atoms with Gasteiger partial charge in [0.05, 0.1) is 6.04 Å². The van der Waals surface area contributed by atoms with Crippen molar-refractivity contribution < 1.29 is 19.0 Å². The van der Waals surface area contributed by atoms with E-state index in [2.05, 4.69) is 10.6 Å². The molecule has 2 N–H and O–H groups in total. The standard InChI is InChI=1S/C17H24N2O4/c1-12(13-3-4-14-15(11-13)23-10-9-22-14)19-16(20)17(21-2)5-7-18-8-6-17/h3-4,11-12,18H,5-10H2,1-2H3,(H,19,20). The van der Waals surface area contributed by atoms with E-state index in [9.17, 15) is 4.79 Å². The number of hydrogen-bond donors (Lipinski definition) is 2. The van der Waals surface area contributed by atoms with E-state index in [1.54, 1.807) is 7.11 Å². The molecule has 0 saturated carbocycles. The van der Waals surface area contributed by atoms with E-state index in [-0.39, 0.29) is 11.9 Å². The Morgan fingerprint density at radius 3 is 2.65 bits per heavy atom. The maximum Gasteiger partial charge on any atom is 0.252 e. The first-order chi connectivity index (χ1) is 11.1. The van der Waals surface area contributed by atoms with Crippen LogP contribution in [0.5, 0.6) is 11.5 Å². The van der Waals surface area contributed by atoms with E-state index in [1.165, 1.54) is 0 Å². The van der Waals surface area contributed by atoms with Crippen LogP contribution >= 0.6 is 0 Å². The smallest absolute Gasteiger partial charge is 0.252 e. The van der Waals surface area contributed by atoms with Gasteiger partial charge < -0.3 is 24.8 Å². The number of rotatable bonds is 4. The number of ether oxygens (including phenoxy) is 3. The molecule has 0 spiro atoms. The minimum absolute atomic E-state index is 0.0520. The van der Waals surface area contributed by atoms with Crippen LogP contribution in [-0.4, -0.2) is 44.9 Å². The van der Waals surface area contributed by atoms with Crippen molar-refractivity contribution in [1.29, 1.82) is 0 Å². The van der Waals surface area contributed by atoms with Gasteiger partial charge in [0.2, 0.25) is 0 Å². The minimum Gasteiger partial charge on any atom is -0.486 e. The van der Waals surface area contributed by atoms with Gasteiger partial charge in [0.1, 0.15) is 18.8 Å². The minimum atomic E-state index is -0.729. The molecular weight excluding hydrogens is 296 g/mol. The Balaban J connectivity index is 1.70. The summed E-state index contributed by atoms with van der Waals surface area (Å²) in [6.07, 6.45) is 1.37.